The van der Waals surface area contributed by atoms with Gasteiger partial charge >= 0.3 is 0 Å². The van der Waals surface area contributed by atoms with E-state index in [2.05, 4.69) is 32.9 Å². The minimum atomic E-state index is -0.527. The van der Waals surface area contributed by atoms with Crippen molar-refractivity contribution in [1.82, 2.24) is 0 Å². The Balaban J connectivity index is 2.19. The molecule has 1 aromatic rings. The largest absolute Gasteiger partial charge is 0.299 e. The first-order valence-corrected chi connectivity index (χ1v) is 9.63. The third-order valence-corrected chi connectivity index (χ3v) is 5.86. The Labute approximate surface area is 144 Å². The summed E-state index contributed by atoms with van der Waals surface area (Å²) in [4.78, 5) is 25.4. The van der Waals surface area contributed by atoms with E-state index in [1.807, 2.05) is 25.6 Å². The minimum Gasteiger partial charge on any atom is -0.299 e. The Hall–Kier alpha value is -1.09. The van der Waals surface area contributed by atoms with Gasteiger partial charge in [0.15, 0.2) is 0 Å². The topological polar surface area (TPSA) is 34.1 Å². The maximum atomic E-state index is 12.7. The minimum absolute atomic E-state index is 0.120. The van der Waals surface area contributed by atoms with E-state index in [0.717, 1.165) is 28.9 Å². The monoisotopic (exact) mass is 332 g/mol. The van der Waals surface area contributed by atoms with Gasteiger partial charge in [-0.05, 0) is 55.6 Å². The molecule has 0 spiro atoms. The van der Waals surface area contributed by atoms with Gasteiger partial charge in [-0.15, -0.1) is 0 Å². The Kier molecular flexibility index (Phi) is 6.07. The summed E-state index contributed by atoms with van der Waals surface area (Å²) in [6, 6.07) is 4.16. The van der Waals surface area contributed by atoms with E-state index in [4.69, 9.17) is 0 Å². The highest BCUT2D eigenvalue weighted by Crippen LogP contribution is 2.37. The van der Waals surface area contributed by atoms with Crippen LogP contribution in [-0.2, 0) is 9.59 Å². The highest BCUT2D eigenvalue weighted by Gasteiger charge is 2.38. The summed E-state index contributed by atoms with van der Waals surface area (Å²) in [5.74, 6) is 1.03. The summed E-state index contributed by atoms with van der Waals surface area (Å²) in [5, 5.41) is 0.519. The number of carbonyl (C=O) groups excluding carboxylic acids is 2. The number of carbonyl (C=O) groups is 2. The van der Waals surface area contributed by atoms with E-state index < -0.39 is 5.92 Å². The summed E-state index contributed by atoms with van der Waals surface area (Å²) < 4.78 is 0. The lowest BCUT2D eigenvalue weighted by Gasteiger charge is -2.29. The molecule has 0 aliphatic heterocycles. The summed E-state index contributed by atoms with van der Waals surface area (Å²) in [5.41, 5.74) is 4.29. The fourth-order valence-electron chi connectivity index (χ4n) is 4.01. The second-order valence-corrected chi connectivity index (χ2v) is 8.67. The quantitative estimate of drug-likeness (QED) is 0.728. The van der Waals surface area contributed by atoms with Crippen molar-refractivity contribution < 1.29 is 9.59 Å². The fourth-order valence-corrected chi connectivity index (χ4v) is 4.99. The summed E-state index contributed by atoms with van der Waals surface area (Å²) in [6.07, 6.45) is 2.07. The normalized spacial score (nSPS) is 23.2. The zero-order valence-corrected chi connectivity index (χ0v) is 15.8. The predicted molar refractivity (Wildman–Crippen MR) is 98.3 cm³/mol. The third-order valence-electron chi connectivity index (χ3n) is 4.77. The Morgan fingerprint density at radius 3 is 2.09 bits per heavy atom. The molecular weight excluding hydrogens is 304 g/mol. The van der Waals surface area contributed by atoms with Gasteiger partial charge in [0.05, 0.1) is 0 Å². The van der Waals surface area contributed by atoms with Crippen molar-refractivity contribution in [2.75, 3.05) is 5.75 Å². The predicted octanol–water partition coefficient (Wildman–Crippen LogP) is 4.78. The van der Waals surface area contributed by atoms with Crippen LogP contribution in [0, 0.1) is 26.7 Å². The molecule has 0 radical (unpaired) electrons. The Bertz CT molecular complexity index is 565. The van der Waals surface area contributed by atoms with Crippen LogP contribution in [0.4, 0.5) is 0 Å². The van der Waals surface area contributed by atoms with Crippen molar-refractivity contribution in [3.8, 4) is 0 Å². The molecule has 0 heterocycles. The summed E-state index contributed by atoms with van der Waals surface area (Å²) >= 11 is 1.91. The van der Waals surface area contributed by atoms with Crippen LogP contribution in [0.3, 0.4) is 0 Å². The van der Waals surface area contributed by atoms with E-state index in [9.17, 15) is 9.59 Å². The van der Waals surface area contributed by atoms with Gasteiger partial charge in [0.25, 0.3) is 0 Å². The highest BCUT2D eigenvalue weighted by atomic mass is 32.2. The molecule has 3 heteroatoms. The van der Waals surface area contributed by atoms with Crippen molar-refractivity contribution in [2.24, 2.45) is 5.92 Å². The summed E-state index contributed by atoms with van der Waals surface area (Å²) in [6.45, 7) is 10.4. The molecule has 0 saturated heterocycles. The molecular formula is C20H28O2S. The number of benzene rings is 1. The van der Waals surface area contributed by atoms with Crippen molar-refractivity contribution in [1.29, 1.82) is 0 Å². The van der Waals surface area contributed by atoms with Gasteiger partial charge in [0.2, 0.25) is 0 Å². The Morgan fingerprint density at radius 2 is 1.61 bits per heavy atom. The molecule has 126 valence electrons. The molecule has 1 unspecified atom stereocenters. The third kappa shape index (κ3) is 4.26. The molecule has 1 aromatic carbocycles. The van der Waals surface area contributed by atoms with Gasteiger partial charge in [0, 0.05) is 18.1 Å². The van der Waals surface area contributed by atoms with Gasteiger partial charge in [0.1, 0.15) is 17.5 Å². The molecule has 2 nitrogen and oxygen atoms in total. The lowest BCUT2D eigenvalue weighted by molar-refractivity contribution is -0.133. The van der Waals surface area contributed by atoms with Crippen LogP contribution >= 0.6 is 11.8 Å². The SMILES string of the molecule is CCSC(C)CC1CC(=O)C(c2c(C)cc(C)cc2C)C(=O)C1. The van der Waals surface area contributed by atoms with Gasteiger partial charge in [-0.2, -0.15) is 11.8 Å². The number of thioether (sulfide) groups is 1. The second kappa shape index (κ2) is 7.65. The molecule has 0 bridgehead atoms. The lowest BCUT2D eigenvalue weighted by atomic mass is 9.73. The van der Waals surface area contributed by atoms with E-state index in [-0.39, 0.29) is 17.5 Å². The number of hydrogen-bond acceptors (Lipinski definition) is 3. The van der Waals surface area contributed by atoms with Crippen LogP contribution in [0.2, 0.25) is 0 Å². The van der Waals surface area contributed by atoms with E-state index in [0.29, 0.717) is 18.1 Å². The molecule has 1 fully saturated rings. The molecule has 0 aromatic heterocycles. The smallest absolute Gasteiger partial charge is 0.148 e. The Morgan fingerprint density at radius 1 is 1.09 bits per heavy atom. The molecule has 2 rings (SSSR count). The van der Waals surface area contributed by atoms with Crippen molar-refractivity contribution >= 4 is 23.3 Å². The maximum absolute atomic E-state index is 12.7. The van der Waals surface area contributed by atoms with Crippen LogP contribution in [0.25, 0.3) is 0 Å². The number of Topliss-reactive ketones (excluding diaryl/α,β-unsaturated/α-hetero) is 2. The average molecular weight is 333 g/mol. The number of hydrogen-bond donors (Lipinski definition) is 0. The zero-order valence-electron chi connectivity index (χ0n) is 14.9. The molecule has 1 atom stereocenters. The van der Waals surface area contributed by atoms with Gasteiger partial charge in [-0.1, -0.05) is 31.5 Å². The zero-order chi connectivity index (χ0) is 17.1. The number of rotatable bonds is 5. The molecule has 0 N–H and O–H groups in total. The van der Waals surface area contributed by atoms with Gasteiger partial charge in [-0.25, -0.2) is 0 Å². The lowest BCUT2D eigenvalue weighted by Crippen LogP contribution is -2.33. The average Bonchev–Trinajstić information content (AvgIpc) is 2.40. The first-order chi connectivity index (χ1) is 10.8. The molecule has 0 amide bonds. The number of aryl methyl sites for hydroxylation is 3. The van der Waals surface area contributed by atoms with E-state index in [1.165, 1.54) is 5.56 Å². The second-order valence-electron chi connectivity index (χ2n) is 6.95. The van der Waals surface area contributed by atoms with Gasteiger partial charge < -0.3 is 0 Å². The molecule has 1 aliphatic rings. The fraction of sp³-hybridized carbons (Fsp3) is 0.600. The van der Waals surface area contributed by atoms with Crippen molar-refractivity contribution in [3.63, 3.8) is 0 Å². The first kappa shape index (κ1) is 18.3. The van der Waals surface area contributed by atoms with Crippen LogP contribution in [0.1, 0.15) is 61.3 Å². The van der Waals surface area contributed by atoms with Crippen LogP contribution < -0.4 is 0 Å². The molecule has 23 heavy (non-hydrogen) atoms. The first-order valence-electron chi connectivity index (χ1n) is 8.58. The molecule has 1 aliphatic carbocycles. The van der Waals surface area contributed by atoms with E-state index >= 15 is 0 Å². The van der Waals surface area contributed by atoms with Gasteiger partial charge in [-0.3, -0.25) is 9.59 Å². The van der Waals surface area contributed by atoms with Crippen molar-refractivity contribution in [2.45, 2.75) is 65.0 Å². The molecule has 1 saturated carbocycles. The van der Waals surface area contributed by atoms with E-state index in [1.54, 1.807) is 0 Å². The van der Waals surface area contributed by atoms with Crippen molar-refractivity contribution in [3.05, 3.63) is 34.4 Å². The highest BCUT2D eigenvalue weighted by molar-refractivity contribution is 7.99. The van der Waals surface area contributed by atoms with Crippen LogP contribution in [0.5, 0.6) is 0 Å². The number of ketones is 2. The van der Waals surface area contributed by atoms with Crippen LogP contribution in [0.15, 0.2) is 12.1 Å². The summed E-state index contributed by atoms with van der Waals surface area (Å²) in [7, 11) is 0. The van der Waals surface area contributed by atoms with Crippen LogP contribution in [-0.4, -0.2) is 22.6 Å². The standard InChI is InChI=1S/C20H28O2S/c1-6-23-15(5)9-16-10-17(21)20(18(22)11-16)19-13(3)7-12(2)8-14(19)4/h7-8,15-16,20H,6,9-11H2,1-5H3. The maximum Gasteiger partial charge on any atom is 0.148 e.